The first-order valence-electron chi connectivity index (χ1n) is 12.1. The number of benzene rings is 1. The van der Waals surface area contributed by atoms with E-state index in [1.807, 2.05) is 7.05 Å². The molecule has 0 spiro atoms. The molecule has 4 rings (SSSR count). The minimum absolute atomic E-state index is 0.328. The Morgan fingerprint density at radius 2 is 1.83 bits per heavy atom. The third-order valence-electron chi connectivity index (χ3n) is 7.16. The highest BCUT2D eigenvalue weighted by atomic mass is 16.5. The summed E-state index contributed by atoms with van der Waals surface area (Å²) in [4.78, 5) is 6.97. The summed E-state index contributed by atoms with van der Waals surface area (Å²) in [7, 11) is 1.91. The van der Waals surface area contributed by atoms with Gasteiger partial charge >= 0.3 is 0 Å². The van der Waals surface area contributed by atoms with Gasteiger partial charge in [-0.3, -0.25) is 4.99 Å². The number of nitrogens with one attached hydrogen (secondary N) is 1. The molecule has 1 atom stereocenters. The van der Waals surface area contributed by atoms with Crippen molar-refractivity contribution in [3.8, 4) is 0 Å². The zero-order valence-electron chi connectivity index (χ0n) is 18.6. The smallest absolute Gasteiger partial charge is 0.193 e. The first kappa shape index (κ1) is 21.6. The predicted octanol–water partition coefficient (Wildman–Crippen LogP) is 4.20. The lowest BCUT2D eigenvalue weighted by Gasteiger charge is -2.35. The molecule has 1 aliphatic carbocycles. The topological polar surface area (TPSA) is 46.1 Å². The minimum atomic E-state index is 0.328. The van der Waals surface area contributed by atoms with Crippen molar-refractivity contribution in [2.24, 2.45) is 10.9 Å². The van der Waals surface area contributed by atoms with Crippen LogP contribution in [0.1, 0.15) is 62.8 Å². The Balaban J connectivity index is 1.14. The second-order valence-corrected chi connectivity index (χ2v) is 9.21. The van der Waals surface area contributed by atoms with Crippen molar-refractivity contribution in [1.82, 2.24) is 10.2 Å². The van der Waals surface area contributed by atoms with E-state index in [0.717, 1.165) is 69.9 Å². The van der Waals surface area contributed by atoms with E-state index in [2.05, 4.69) is 45.5 Å². The number of ether oxygens (including phenoxy) is 2. The number of piperidine rings is 1. The number of hydrogen-bond donors (Lipinski definition) is 1. The van der Waals surface area contributed by atoms with Gasteiger partial charge in [-0.1, -0.05) is 30.3 Å². The molecule has 0 radical (unpaired) electrons. The molecule has 3 fully saturated rings. The lowest BCUT2D eigenvalue weighted by atomic mass is 9.79. The molecule has 166 valence electrons. The SMILES string of the molecule is CN=C(NCC1CCC(c2ccccc2)CC1)N1CCC(OCC2CCCO2)CC1. The van der Waals surface area contributed by atoms with Crippen LogP contribution in [0.15, 0.2) is 35.3 Å². The molecule has 1 N–H and O–H groups in total. The molecule has 1 unspecified atom stereocenters. The highest BCUT2D eigenvalue weighted by Gasteiger charge is 2.26. The van der Waals surface area contributed by atoms with Gasteiger partial charge in [-0.25, -0.2) is 0 Å². The van der Waals surface area contributed by atoms with Gasteiger partial charge < -0.3 is 19.7 Å². The van der Waals surface area contributed by atoms with Crippen LogP contribution in [-0.2, 0) is 9.47 Å². The van der Waals surface area contributed by atoms with Crippen molar-refractivity contribution in [1.29, 1.82) is 0 Å². The monoisotopic (exact) mass is 413 g/mol. The van der Waals surface area contributed by atoms with Gasteiger partial charge in [0.05, 0.1) is 18.8 Å². The van der Waals surface area contributed by atoms with E-state index in [0.29, 0.717) is 12.2 Å². The number of guanidine groups is 1. The van der Waals surface area contributed by atoms with Crippen LogP contribution >= 0.6 is 0 Å². The fraction of sp³-hybridized carbons (Fsp3) is 0.720. The molecule has 30 heavy (non-hydrogen) atoms. The first-order valence-corrected chi connectivity index (χ1v) is 12.1. The van der Waals surface area contributed by atoms with Gasteiger partial charge in [-0.05, 0) is 68.8 Å². The summed E-state index contributed by atoms with van der Waals surface area (Å²) >= 11 is 0. The Bertz CT molecular complexity index is 644. The second-order valence-electron chi connectivity index (χ2n) is 9.21. The van der Waals surface area contributed by atoms with Crippen LogP contribution in [0.2, 0.25) is 0 Å². The summed E-state index contributed by atoms with van der Waals surface area (Å²) in [6.45, 7) is 4.77. The van der Waals surface area contributed by atoms with Gasteiger partial charge in [0.1, 0.15) is 0 Å². The van der Waals surface area contributed by atoms with Crippen molar-refractivity contribution in [3.63, 3.8) is 0 Å². The Kier molecular flexibility index (Phi) is 8.04. The molecule has 1 aromatic rings. The van der Waals surface area contributed by atoms with E-state index in [9.17, 15) is 0 Å². The molecule has 0 aromatic heterocycles. The average molecular weight is 414 g/mol. The van der Waals surface area contributed by atoms with Crippen LogP contribution in [0.4, 0.5) is 0 Å². The minimum Gasteiger partial charge on any atom is -0.376 e. The lowest BCUT2D eigenvalue weighted by molar-refractivity contribution is -0.0367. The maximum atomic E-state index is 6.12. The molecule has 1 aromatic carbocycles. The van der Waals surface area contributed by atoms with E-state index in [-0.39, 0.29) is 0 Å². The highest BCUT2D eigenvalue weighted by molar-refractivity contribution is 5.79. The van der Waals surface area contributed by atoms with E-state index in [4.69, 9.17) is 9.47 Å². The van der Waals surface area contributed by atoms with Gasteiger partial charge in [0, 0.05) is 33.3 Å². The normalized spacial score (nSPS) is 28.6. The van der Waals surface area contributed by atoms with Gasteiger partial charge in [0.2, 0.25) is 0 Å². The fourth-order valence-electron chi connectivity index (χ4n) is 5.25. The van der Waals surface area contributed by atoms with Crippen LogP contribution in [0.5, 0.6) is 0 Å². The average Bonchev–Trinajstić information content (AvgIpc) is 3.34. The van der Waals surface area contributed by atoms with Gasteiger partial charge in [-0.2, -0.15) is 0 Å². The van der Waals surface area contributed by atoms with E-state index in [1.54, 1.807) is 0 Å². The Hall–Kier alpha value is -1.59. The van der Waals surface area contributed by atoms with Gasteiger partial charge in [0.25, 0.3) is 0 Å². The number of aliphatic imine (C=N–C) groups is 1. The first-order chi connectivity index (χ1) is 14.8. The molecule has 3 aliphatic rings. The summed E-state index contributed by atoms with van der Waals surface area (Å²) in [5, 5.41) is 3.67. The van der Waals surface area contributed by atoms with Gasteiger partial charge in [0.15, 0.2) is 5.96 Å². The Morgan fingerprint density at radius 1 is 1.07 bits per heavy atom. The summed E-state index contributed by atoms with van der Waals surface area (Å²) in [6.07, 6.45) is 10.4. The zero-order valence-corrected chi connectivity index (χ0v) is 18.6. The number of rotatable bonds is 6. The molecule has 1 saturated carbocycles. The number of hydrogen-bond acceptors (Lipinski definition) is 3. The van der Waals surface area contributed by atoms with E-state index in [1.165, 1.54) is 37.7 Å². The summed E-state index contributed by atoms with van der Waals surface area (Å²) < 4.78 is 11.8. The molecule has 2 aliphatic heterocycles. The Morgan fingerprint density at radius 3 is 2.50 bits per heavy atom. The van der Waals surface area contributed by atoms with Crippen LogP contribution < -0.4 is 5.32 Å². The summed E-state index contributed by atoms with van der Waals surface area (Å²) in [5.74, 6) is 2.57. The Labute approximate surface area is 182 Å². The predicted molar refractivity (Wildman–Crippen MR) is 122 cm³/mol. The van der Waals surface area contributed by atoms with Crippen molar-refractivity contribution in [2.45, 2.75) is 69.5 Å². The van der Waals surface area contributed by atoms with Crippen molar-refractivity contribution < 1.29 is 9.47 Å². The molecular formula is C25H39N3O2. The van der Waals surface area contributed by atoms with Crippen LogP contribution in [0.3, 0.4) is 0 Å². The zero-order chi connectivity index (χ0) is 20.6. The number of nitrogens with zero attached hydrogens (tertiary/aromatic N) is 2. The molecule has 2 heterocycles. The standard InChI is InChI=1S/C25H39N3O2/c1-26-25(28-15-13-23(14-16-28)30-19-24-8-5-17-29-24)27-18-20-9-11-22(12-10-20)21-6-3-2-4-7-21/h2-4,6-7,20,22-24H,5,8-19H2,1H3,(H,26,27). The number of likely N-dealkylation sites (tertiary alicyclic amines) is 1. The quantitative estimate of drug-likeness (QED) is 0.561. The molecule has 0 bridgehead atoms. The summed E-state index contributed by atoms with van der Waals surface area (Å²) in [5.41, 5.74) is 1.52. The highest BCUT2D eigenvalue weighted by Crippen LogP contribution is 2.35. The third kappa shape index (κ3) is 5.98. The van der Waals surface area contributed by atoms with Crippen molar-refractivity contribution >= 4 is 5.96 Å². The van der Waals surface area contributed by atoms with Crippen LogP contribution in [0, 0.1) is 5.92 Å². The van der Waals surface area contributed by atoms with Gasteiger partial charge in [-0.15, -0.1) is 0 Å². The van der Waals surface area contributed by atoms with Crippen LogP contribution in [-0.4, -0.2) is 63.0 Å². The van der Waals surface area contributed by atoms with E-state index < -0.39 is 0 Å². The van der Waals surface area contributed by atoms with E-state index >= 15 is 0 Å². The van der Waals surface area contributed by atoms with Crippen molar-refractivity contribution in [2.75, 3.05) is 39.9 Å². The maximum Gasteiger partial charge on any atom is 0.193 e. The maximum absolute atomic E-state index is 6.12. The second kappa shape index (κ2) is 11.1. The largest absolute Gasteiger partial charge is 0.376 e. The van der Waals surface area contributed by atoms with Crippen LogP contribution in [0.25, 0.3) is 0 Å². The van der Waals surface area contributed by atoms with Crippen molar-refractivity contribution in [3.05, 3.63) is 35.9 Å². The third-order valence-corrected chi connectivity index (χ3v) is 7.16. The molecule has 5 nitrogen and oxygen atoms in total. The molecule has 2 saturated heterocycles. The lowest BCUT2D eigenvalue weighted by Crippen LogP contribution is -2.48. The molecular weight excluding hydrogens is 374 g/mol. The summed E-state index contributed by atoms with van der Waals surface area (Å²) in [6, 6.07) is 11.0. The molecule has 5 heteroatoms. The molecule has 0 amide bonds. The fourth-order valence-corrected chi connectivity index (χ4v) is 5.25.